The molecule has 1 aliphatic carbocycles. The molecule has 0 aliphatic heterocycles. The number of aromatic nitrogens is 2. The van der Waals surface area contributed by atoms with Crippen LogP contribution in [0.4, 0.5) is 5.82 Å². The number of hydrogen-bond acceptors (Lipinski definition) is 2. The smallest absolute Gasteiger partial charge is 0.231 e. The molecule has 4 nitrogen and oxygen atoms in total. The number of nitrogens with zero attached hydrogens (tertiary/aromatic N) is 1. The number of carbonyl (C=O) groups is 1. The maximum Gasteiger partial charge on any atom is 0.231 e. The van der Waals surface area contributed by atoms with Gasteiger partial charge in [0, 0.05) is 16.7 Å². The molecule has 2 N–H and O–H groups in total. The van der Waals surface area contributed by atoms with Gasteiger partial charge in [-0.2, -0.15) is 5.10 Å². The Morgan fingerprint density at radius 3 is 2.47 bits per heavy atom. The molecular formula is C13H21N3O. The van der Waals surface area contributed by atoms with E-state index in [1.165, 1.54) is 19.3 Å². The zero-order valence-electron chi connectivity index (χ0n) is 11.1. The van der Waals surface area contributed by atoms with Crippen LogP contribution in [0.25, 0.3) is 0 Å². The molecule has 2 rings (SSSR count). The Kier molecular flexibility index (Phi) is 2.98. The van der Waals surface area contributed by atoms with Crippen molar-refractivity contribution in [1.82, 2.24) is 10.2 Å². The maximum absolute atomic E-state index is 12.3. The highest BCUT2D eigenvalue weighted by Gasteiger charge is 2.40. The zero-order valence-corrected chi connectivity index (χ0v) is 11.1. The molecule has 0 spiro atoms. The first kappa shape index (κ1) is 12.1. The summed E-state index contributed by atoms with van der Waals surface area (Å²) in [5.74, 6) is 1.26. The normalized spacial score (nSPS) is 16.7. The minimum atomic E-state index is -0.294. The summed E-state index contributed by atoms with van der Waals surface area (Å²) in [7, 11) is 0. The average Bonchev–Trinajstić information content (AvgIpc) is 2.46. The quantitative estimate of drug-likeness (QED) is 0.846. The molecule has 1 aromatic rings. The topological polar surface area (TPSA) is 57.8 Å². The summed E-state index contributed by atoms with van der Waals surface area (Å²) in [4.78, 5) is 12.3. The number of carbonyl (C=O) groups excluding carboxylic acids is 1. The molecule has 94 valence electrons. The van der Waals surface area contributed by atoms with E-state index in [-0.39, 0.29) is 11.3 Å². The van der Waals surface area contributed by atoms with Gasteiger partial charge >= 0.3 is 0 Å². The van der Waals surface area contributed by atoms with Gasteiger partial charge in [-0.15, -0.1) is 0 Å². The van der Waals surface area contributed by atoms with Gasteiger partial charge in [0.25, 0.3) is 0 Å². The second-order valence-electron chi connectivity index (χ2n) is 5.63. The van der Waals surface area contributed by atoms with E-state index >= 15 is 0 Å². The SMILES string of the molecule is Cc1[nH]nc(NC(=O)C(C)(C)C2CCC2)c1C. The highest BCUT2D eigenvalue weighted by Crippen LogP contribution is 2.42. The van der Waals surface area contributed by atoms with Crippen LogP contribution in [0.5, 0.6) is 0 Å². The van der Waals surface area contributed by atoms with Crippen molar-refractivity contribution in [2.75, 3.05) is 5.32 Å². The number of aromatic amines is 1. The molecule has 1 heterocycles. The summed E-state index contributed by atoms with van der Waals surface area (Å²) in [6.07, 6.45) is 3.58. The second-order valence-corrected chi connectivity index (χ2v) is 5.63. The van der Waals surface area contributed by atoms with Gasteiger partial charge in [-0.3, -0.25) is 9.89 Å². The van der Waals surface area contributed by atoms with Gasteiger partial charge in [-0.05, 0) is 32.6 Å². The van der Waals surface area contributed by atoms with Crippen LogP contribution < -0.4 is 5.32 Å². The van der Waals surface area contributed by atoms with Crippen LogP contribution in [0.2, 0.25) is 0 Å². The molecule has 1 aliphatic rings. The van der Waals surface area contributed by atoms with E-state index in [4.69, 9.17) is 0 Å². The molecular weight excluding hydrogens is 214 g/mol. The van der Waals surface area contributed by atoms with Crippen LogP contribution in [0.15, 0.2) is 0 Å². The van der Waals surface area contributed by atoms with Crippen molar-refractivity contribution >= 4 is 11.7 Å². The lowest BCUT2D eigenvalue weighted by Crippen LogP contribution is -2.40. The fourth-order valence-corrected chi connectivity index (χ4v) is 2.19. The van der Waals surface area contributed by atoms with Gasteiger partial charge in [0.1, 0.15) is 0 Å². The van der Waals surface area contributed by atoms with Crippen molar-refractivity contribution in [3.05, 3.63) is 11.3 Å². The van der Waals surface area contributed by atoms with Crippen molar-refractivity contribution in [3.63, 3.8) is 0 Å². The lowest BCUT2D eigenvalue weighted by molar-refractivity contribution is -0.128. The van der Waals surface area contributed by atoms with E-state index in [0.717, 1.165) is 11.3 Å². The summed E-state index contributed by atoms with van der Waals surface area (Å²) in [5.41, 5.74) is 1.72. The van der Waals surface area contributed by atoms with Crippen LogP contribution in [-0.4, -0.2) is 16.1 Å². The third kappa shape index (κ3) is 2.08. The summed E-state index contributed by atoms with van der Waals surface area (Å²) in [6.45, 7) is 7.97. The Hall–Kier alpha value is -1.32. The largest absolute Gasteiger partial charge is 0.309 e. The minimum Gasteiger partial charge on any atom is -0.309 e. The molecule has 0 radical (unpaired) electrons. The fourth-order valence-electron chi connectivity index (χ4n) is 2.19. The predicted molar refractivity (Wildman–Crippen MR) is 67.8 cm³/mol. The Balaban J connectivity index is 2.08. The van der Waals surface area contributed by atoms with Crippen LogP contribution in [0, 0.1) is 25.2 Å². The molecule has 1 amide bonds. The van der Waals surface area contributed by atoms with E-state index in [2.05, 4.69) is 15.5 Å². The molecule has 1 aromatic heterocycles. The molecule has 17 heavy (non-hydrogen) atoms. The van der Waals surface area contributed by atoms with Gasteiger partial charge in [0.2, 0.25) is 5.91 Å². The number of nitrogens with one attached hydrogen (secondary N) is 2. The predicted octanol–water partition coefficient (Wildman–Crippen LogP) is 2.79. The number of H-pyrrole nitrogens is 1. The first-order chi connectivity index (χ1) is 7.93. The Morgan fingerprint density at radius 2 is 2.06 bits per heavy atom. The van der Waals surface area contributed by atoms with Gasteiger partial charge < -0.3 is 5.32 Å². The summed E-state index contributed by atoms with van der Waals surface area (Å²) >= 11 is 0. The van der Waals surface area contributed by atoms with Gasteiger partial charge in [0.05, 0.1) is 0 Å². The van der Waals surface area contributed by atoms with Crippen molar-refractivity contribution in [3.8, 4) is 0 Å². The van der Waals surface area contributed by atoms with Crippen molar-refractivity contribution < 1.29 is 4.79 Å². The number of anilines is 1. The number of amides is 1. The molecule has 1 fully saturated rings. The third-order valence-corrected chi connectivity index (χ3v) is 4.20. The van der Waals surface area contributed by atoms with E-state index in [1.807, 2.05) is 27.7 Å². The second kappa shape index (κ2) is 4.17. The number of hydrogen-bond donors (Lipinski definition) is 2. The maximum atomic E-state index is 12.3. The van der Waals surface area contributed by atoms with Gasteiger partial charge in [0.15, 0.2) is 5.82 Å². The molecule has 0 bridgehead atoms. The summed E-state index contributed by atoms with van der Waals surface area (Å²) in [6, 6.07) is 0. The van der Waals surface area contributed by atoms with Crippen molar-refractivity contribution in [2.24, 2.45) is 11.3 Å². The first-order valence-corrected chi connectivity index (χ1v) is 6.26. The van der Waals surface area contributed by atoms with E-state index in [0.29, 0.717) is 11.7 Å². The van der Waals surface area contributed by atoms with Crippen LogP contribution in [-0.2, 0) is 4.79 Å². The van der Waals surface area contributed by atoms with Crippen LogP contribution in [0.1, 0.15) is 44.4 Å². The molecule has 0 aromatic carbocycles. The highest BCUT2D eigenvalue weighted by molar-refractivity contribution is 5.94. The Morgan fingerprint density at radius 1 is 1.41 bits per heavy atom. The number of aryl methyl sites for hydroxylation is 1. The third-order valence-electron chi connectivity index (χ3n) is 4.20. The summed E-state index contributed by atoms with van der Waals surface area (Å²) < 4.78 is 0. The summed E-state index contributed by atoms with van der Waals surface area (Å²) in [5, 5.41) is 9.94. The Labute approximate surface area is 102 Å². The van der Waals surface area contributed by atoms with E-state index < -0.39 is 0 Å². The van der Waals surface area contributed by atoms with E-state index in [1.54, 1.807) is 0 Å². The first-order valence-electron chi connectivity index (χ1n) is 6.26. The Bertz CT molecular complexity index is 430. The molecule has 0 saturated heterocycles. The van der Waals surface area contributed by atoms with E-state index in [9.17, 15) is 4.79 Å². The lowest BCUT2D eigenvalue weighted by Gasteiger charge is -2.38. The minimum absolute atomic E-state index is 0.0804. The molecule has 0 unspecified atom stereocenters. The molecule has 4 heteroatoms. The van der Waals surface area contributed by atoms with Crippen LogP contribution in [0.3, 0.4) is 0 Å². The van der Waals surface area contributed by atoms with Gasteiger partial charge in [-0.1, -0.05) is 20.3 Å². The lowest BCUT2D eigenvalue weighted by atomic mass is 9.67. The monoisotopic (exact) mass is 235 g/mol. The van der Waals surface area contributed by atoms with Gasteiger partial charge in [-0.25, -0.2) is 0 Å². The fraction of sp³-hybridized carbons (Fsp3) is 0.692. The average molecular weight is 235 g/mol. The zero-order chi connectivity index (χ0) is 12.6. The standard InChI is InChI=1S/C13H21N3O/c1-8-9(2)15-16-11(8)14-12(17)13(3,4)10-6-5-7-10/h10H,5-7H2,1-4H3,(H2,14,15,16,17). The molecule has 1 saturated carbocycles. The van der Waals surface area contributed by atoms with Crippen LogP contribution >= 0.6 is 0 Å². The highest BCUT2D eigenvalue weighted by atomic mass is 16.2. The van der Waals surface area contributed by atoms with Crippen molar-refractivity contribution in [1.29, 1.82) is 0 Å². The molecule has 0 atom stereocenters. The van der Waals surface area contributed by atoms with Crippen molar-refractivity contribution in [2.45, 2.75) is 47.0 Å². The number of rotatable bonds is 3.